The number of aromatic nitrogens is 4. The minimum Gasteiger partial charge on any atom is -0.426 e. The molecule has 0 aliphatic rings. The van der Waals surface area contributed by atoms with Crippen molar-refractivity contribution < 1.29 is 14.4 Å². The molecule has 0 saturated heterocycles. The molecule has 0 aliphatic heterocycles. The van der Waals surface area contributed by atoms with E-state index in [1.165, 1.54) is 46.9 Å². The van der Waals surface area contributed by atoms with Crippen LogP contribution in [-0.2, 0) is 6.42 Å². The van der Waals surface area contributed by atoms with E-state index in [2.05, 4.69) is 37.3 Å². The van der Waals surface area contributed by atoms with Crippen LogP contribution in [-0.4, -0.2) is 43.1 Å². The van der Waals surface area contributed by atoms with Crippen LogP contribution < -0.4 is 20.9 Å². The number of nitro benzene ring substituents is 1. The summed E-state index contributed by atoms with van der Waals surface area (Å²) in [5.41, 5.74) is 13.3. The summed E-state index contributed by atoms with van der Waals surface area (Å²) in [6, 6.07) is 12.9. The van der Waals surface area contributed by atoms with Crippen molar-refractivity contribution in [1.82, 2.24) is 20.4 Å². The molecule has 39 heavy (non-hydrogen) atoms. The lowest BCUT2D eigenvalue weighted by molar-refractivity contribution is -0.384. The van der Waals surface area contributed by atoms with E-state index in [-0.39, 0.29) is 28.2 Å². The molecule has 2 heterocycles. The van der Waals surface area contributed by atoms with Crippen molar-refractivity contribution in [2.75, 3.05) is 5.75 Å². The summed E-state index contributed by atoms with van der Waals surface area (Å²) in [6.45, 7) is 4.04. The van der Waals surface area contributed by atoms with Crippen LogP contribution >= 0.6 is 34.4 Å². The predicted molar refractivity (Wildman–Crippen MR) is 152 cm³/mol. The van der Waals surface area contributed by atoms with E-state index >= 15 is 0 Å². The van der Waals surface area contributed by atoms with Gasteiger partial charge in [-0.2, -0.15) is 21.7 Å². The van der Waals surface area contributed by atoms with Crippen molar-refractivity contribution in [2.24, 2.45) is 21.5 Å². The molecule has 1 unspecified atom stereocenters. The zero-order valence-electron chi connectivity index (χ0n) is 20.8. The molecule has 0 amide bonds. The summed E-state index contributed by atoms with van der Waals surface area (Å²) < 4.78 is 11.0. The molecule has 0 bridgehead atoms. The molecule has 4 N–H and O–H groups in total. The number of nitrogens with zero attached hydrogens (tertiary/aromatic N) is 7. The van der Waals surface area contributed by atoms with Crippen LogP contribution in [0, 0.1) is 17.0 Å². The summed E-state index contributed by atoms with van der Waals surface area (Å²) in [4.78, 5) is 18.6. The molecule has 1 atom stereocenters. The van der Waals surface area contributed by atoms with Crippen molar-refractivity contribution in [3.05, 3.63) is 74.2 Å². The second-order valence-corrected chi connectivity index (χ2v) is 11.2. The van der Waals surface area contributed by atoms with Gasteiger partial charge in [-0.25, -0.2) is 0 Å². The summed E-state index contributed by atoms with van der Waals surface area (Å²) >= 11 is 4.23. The van der Waals surface area contributed by atoms with Crippen molar-refractivity contribution >= 4 is 63.0 Å². The Morgan fingerprint density at radius 2 is 1.72 bits per heavy atom. The van der Waals surface area contributed by atoms with Crippen LogP contribution in [0.3, 0.4) is 0 Å². The number of amidine groups is 2. The van der Waals surface area contributed by atoms with Crippen LogP contribution in [0.2, 0.25) is 0 Å². The molecule has 0 radical (unpaired) electrons. The van der Waals surface area contributed by atoms with Crippen LogP contribution in [0.25, 0.3) is 0 Å². The van der Waals surface area contributed by atoms with Crippen molar-refractivity contribution in [3.63, 3.8) is 0 Å². The average Bonchev–Trinajstić information content (AvgIpc) is 3.55. The molecule has 202 valence electrons. The number of benzene rings is 2. The van der Waals surface area contributed by atoms with Gasteiger partial charge in [0.1, 0.15) is 15.8 Å². The Morgan fingerprint density at radius 3 is 2.41 bits per heavy atom. The zero-order valence-corrected chi connectivity index (χ0v) is 23.2. The Hall–Kier alpha value is -4.15. The molecule has 0 spiro atoms. The third kappa shape index (κ3) is 8.17. The molecular weight excluding hydrogens is 563 g/mol. The maximum atomic E-state index is 10.8. The van der Waals surface area contributed by atoms with Crippen molar-refractivity contribution in [2.45, 2.75) is 25.5 Å². The quantitative estimate of drug-likeness (QED) is 0.114. The fourth-order valence-corrected chi connectivity index (χ4v) is 5.84. The lowest BCUT2D eigenvalue weighted by atomic mass is 10.2. The monoisotopic (exact) mass is 585 g/mol. The normalized spacial score (nSPS) is 12.8. The Labute approximate surface area is 235 Å². The van der Waals surface area contributed by atoms with Gasteiger partial charge in [-0.3, -0.25) is 10.1 Å². The summed E-state index contributed by atoms with van der Waals surface area (Å²) in [6.07, 6.45) is 0.534. The first-order valence-corrected chi connectivity index (χ1v) is 14.1. The van der Waals surface area contributed by atoms with Gasteiger partial charge in [0.2, 0.25) is 5.13 Å². The number of non-ortho nitro benzene ring substituents is 1. The Balaban J connectivity index is 1.38. The van der Waals surface area contributed by atoms with E-state index in [4.69, 9.17) is 20.9 Å². The number of hydrogen-bond donors (Lipinski definition) is 2. The van der Waals surface area contributed by atoms with E-state index in [1.807, 2.05) is 31.2 Å². The summed E-state index contributed by atoms with van der Waals surface area (Å²) in [5.74, 6) is 1.43. The molecule has 13 nitrogen and oxygen atoms in total. The van der Waals surface area contributed by atoms with Gasteiger partial charge < -0.3 is 20.9 Å². The SMILES string of the molecule is CCSC(Cc1nnc(OC(N)=Nc2ccc([N+](=O)[O-])cc2)s1)c1nnc(N=C(N)Oc2ccc(C)cc2)s1. The number of thioether (sulfide) groups is 1. The van der Waals surface area contributed by atoms with Gasteiger partial charge in [0.15, 0.2) is 0 Å². The van der Waals surface area contributed by atoms with Gasteiger partial charge in [0, 0.05) is 18.6 Å². The second-order valence-electron chi connectivity index (χ2n) is 7.72. The highest BCUT2D eigenvalue weighted by atomic mass is 32.2. The van der Waals surface area contributed by atoms with Crippen LogP contribution in [0.4, 0.5) is 16.5 Å². The number of aryl methyl sites for hydroxylation is 1. The van der Waals surface area contributed by atoms with Gasteiger partial charge in [0.05, 0.1) is 15.9 Å². The average molecular weight is 586 g/mol. The molecule has 0 saturated carbocycles. The number of ether oxygens (including phenoxy) is 2. The number of hydrogen-bond acceptors (Lipinski definition) is 13. The number of nitro groups is 1. The van der Waals surface area contributed by atoms with Gasteiger partial charge in [-0.1, -0.05) is 52.4 Å². The molecule has 0 aliphatic carbocycles. The first-order valence-electron chi connectivity index (χ1n) is 11.4. The van der Waals surface area contributed by atoms with E-state index < -0.39 is 4.92 Å². The Kier molecular flexibility index (Phi) is 9.35. The third-order valence-corrected chi connectivity index (χ3v) is 7.85. The van der Waals surface area contributed by atoms with Crippen LogP contribution in [0.15, 0.2) is 58.5 Å². The maximum Gasteiger partial charge on any atom is 0.301 e. The first kappa shape index (κ1) is 27.9. The highest BCUT2D eigenvalue weighted by molar-refractivity contribution is 7.99. The number of aliphatic imine (C=N–C) groups is 2. The molecule has 0 fully saturated rings. The smallest absolute Gasteiger partial charge is 0.301 e. The van der Waals surface area contributed by atoms with Crippen LogP contribution in [0.5, 0.6) is 10.9 Å². The van der Waals surface area contributed by atoms with E-state index in [9.17, 15) is 10.1 Å². The predicted octanol–water partition coefficient (Wildman–Crippen LogP) is 4.69. The van der Waals surface area contributed by atoms with Gasteiger partial charge in [-0.05, 0) is 36.9 Å². The van der Waals surface area contributed by atoms with Crippen molar-refractivity contribution in [1.29, 1.82) is 0 Å². The highest BCUT2D eigenvalue weighted by Gasteiger charge is 2.21. The van der Waals surface area contributed by atoms with Gasteiger partial charge in [-0.15, -0.1) is 15.3 Å². The minimum absolute atomic E-state index is 0.0276. The molecule has 2 aromatic heterocycles. The number of rotatable bonds is 10. The molecule has 4 rings (SSSR count). The summed E-state index contributed by atoms with van der Waals surface area (Å²) in [5, 5.41) is 29.5. The van der Waals surface area contributed by atoms with E-state index in [1.54, 1.807) is 11.8 Å². The fourth-order valence-electron chi connectivity index (χ4n) is 3.07. The van der Waals surface area contributed by atoms with E-state index in [0.717, 1.165) is 16.3 Å². The molecule has 4 aromatic rings. The second kappa shape index (κ2) is 13.1. The van der Waals surface area contributed by atoms with Gasteiger partial charge in [0.25, 0.3) is 17.7 Å². The fraction of sp³-hybridized carbons (Fsp3) is 0.217. The highest BCUT2D eigenvalue weighted by Crippen LogP contribution is 2.37. The standard InChI is InChI=1S/C23H23N9O4S3/c1-3-37-17(19-29-30-22(39-19)27-21(25)35-16-10-4-13(2)5-11-16)12-18-28-31-23(38-18)36-20(24)26-14-6-8-15(9-7-14)32(33)34/h4-11,17H,3,12H2,1-2H3,(H2,24,26)(H2,25,27,30). The van der Waals surface area contributed by atoms with Gasteiger partial charge >= 0.3 is 5.19 Å². The van der Waals surface area contributed by atoms with E-state index in [0.29, 0.717) is 28.0 Å². The molecule has 2 aromatic carbocycles. The Morgan fingerprint density at radius 1 is 1.00 bits per heavy atom. The lowest BCUT2D eigenvalue weighted by Crippen LogP contribution is -2.19. The maximum absolute atomic E-state index is 10.8. The van der Waals surface area contributed by atoms with Crippen molar-refractivity contribution in [3.8, 4) is 10.9 Å². The molecule has 16 heteroatoms. The summed E-state index contributed by atoms with van der Waals surface area (Å²) in [7, 11) is 0. The number of nitrogens with two attached hydrogens (primary N) is 2. The largest absolute Gasteiger partial charge is 0.426 e. The topological polar surface area (TPSA) is 190 Å². The third-order valence-electron chi connectivity index (χ3n) is 4.82. The zero-order chi connectivity index (χ0) is 27.8. The lowest BCUT2D eigenvalue weighted by Gasteiger charge is -2.09. The Bertz CT molecular complexity index is 1470. The molecular formula is C23H23N9O4S3. The first-order chi connectivity index (χ1) is 18.8. The minimum atomic E-state index is -0.494. The van der Waals surface area contributed by atoms with Crippen LogP contribution in [0.1, 0.15) is 27.8 Å².